The molecule has 5 atom stereocenters. The molecule has 9 nitrogen and oxygen atoms in total. The molecule has 3 rings (SSSR count). The zero-order valence-corrected chi connectivity index (χ0v) is 20.1. The van der Waals surface area contributed by atoms with E-state index >= 15 is 0 Å². The molecule has 2 N–H and O–H groups in total. The van der Waals surface area contributed by atoms with Gasteiger partial charge in [0, 0.05) is 13.1 Å². The van der Waals surface area contributed by atoms with Gasteiger partial charge >= 0.3 is 5.97 Å². The summed E-state index contributed by atoms with van der Waals surface area (Å²) in [6.07, 6.45) is 0.910. The predicted molar refractivity (Wildman–Crippen MR) is 124 cm³/mol. The van der Waals surface area contributed by atoms with Crippen LogP contribution >= 0.6 is 0 Å². The first-order chi connectivity index (χ1) is 16.4. The summed E-state index contributed by atoms with van der Waals surface area (Å²) in [7, 11) is 0. The van der Waals surface area contributed by atoms with Gasteiger partial charge in [-0.25, -0.2) is 4.79 Å². The van der Waals surface area contributed by atoms with Crippen LogP contribution in [0.25, 0.3) is 0 Å². The molecule has 34 heavy (non-hydrogen) atoms. The normalized spacial score (nSPS) is 23.0. The van der Waals surface area contributed by atoms with E-state index in [9.17, 15) is 19.2 Å². The Morgan fingerprint density at radius 2 is 1.82 bits per heavy atom. The predicted octanol–water partition coefficient (Wildman–Crippen LogP) is 1.55. The fourth-order valence-electron chi connectivity index (χ4n) is 4.06. The van der Waals surface area contributed by atoms with Gasteiger partial charge in [-0.3, -0.25) is 14.4 Å². The van der Waals surface area contributed by atoms with E-state index in [1.807, 2.05) is 51.1 Å². The highest BCUT2D eigenvalue weighted by molar-refractivity contribution is 5.97. The number of nitrogens with one attached hydrogen (secondary N) is 2. The van der Waals surface area contributed by atoms with Gasteiger partial charge in [0.1, 0.15) is 18.7 Å². The van der Waals surface area contributed by atoms with Crippen LogP contribution in [0.4, 0.5) is 0 Å². The Morgan fingerprint density at radius 1 is 1.12 bits per heavy atom. The number of ether oxygens (including phenoxy) is 2. The van der Waals surface area contributed by atoms with Gasteiger partial charge in [0.15, 0.2) is 12.2 Å². The van der Waals surface area contributed by atoms with Crippen molar-refractivity contribution in [1.82, 2.24) is 15.5 Å². The van der Waals surface area contributed by atoms with Crippen molar-refractivity contribution in [3.8, 4) is 0 Å². The molecular weight excluding hydrogens is 438 g/mol. The Hall–Kier alpha value is -2.94. The van der Waals surface area contributed by atoms with Crippen molar-refractivity contribution >= 4 is 23.7 Å². The number of carbonyl (C=O) groups excluding carboxylic acids is 4. The standard InChI is InChI=1S/C25H35N3O6/c1-4-13-26-22(29)20-21(34-20)23(30)27-19(16(3)5-2)24(31)28-14-9-12-18(28)25(32)33-15-17-10-7-6-8-11-17/h6-8,10-11,16,18-21H,4-5,9,12-15H2,1-3H3,(H,26,29)(H,27,30)/t16?,18-,19-,20-,21-/m0/s1. The van der Waals surface area contributed by atoms with Crippen molar-refractivity contribution in [2.75, 3.05) is 13.1 Å². The molecule has 1 aromatic carbocycles. The highest BCUT2D eigenvalue weighted by Crippen LogP contribution is 2.25. The molecule has 2 aliphatic heterocycles. The molecule has 0 spiro atoms. The van der Waals surface area contributed by atoms with Crippen LogP contribution < -0.4 is 10.6 Å². The number of hydrogen-bond donors (Lipinski definition) is 2. The van der Waals surface area contributed by atoms with Gasteiger partial charge < -0.3 is 25.0 Å². The summed E-state index contributed by atoms with van der Waals surface area (Å²) in [4.78, 5) is 52.5. The van der Waals surface area contributed by atoms with Crippen LogP contribution in [0.5, 0.6) is 0 Å². The number of likely N-dealkylation sites (tertiary alicyclic amines) is 1. The van der Waals surface area contributed by atoms with Crippen molar-refractivity contribution in [1.29, 1.82) is 0 Å². The summed E-state index contributed by atoms with van der Waals surface area (Å²) >= 11 is 0. The molecule has 9 heteroatoms. The lowest BCUT2D eigenvalue weighted by Crippen LogP contribution is -2.55. The zero-order chi connectivity index (χ0) is 24.7. The van der Waals surface area contributed by atoms with Crippen LogP contribution in [0.15, 0.2) is 30.3 Å². The molecule has 1 aromatic rings. The summed E-state index contributed by atoms with van der Waals surface area (Å²) in [5.41, 5.74) is 0.874. The topological polar surface area (TPSA) is 117 Å². The maximum atomic E-state index is 13.5. The summed E-state index contributed by atoms with van der Waals surface area (Å²) in [6.45, 7) is 6.82. The van der Waals surface area contributed by atoms with Crippen molar-refractivity contribution in [2.45, 2.75) is 77.4 Å². The van der Waals surface area contributed by atoms with Crippen molar-refractivity contribution in [2.24, 2.45) is 5.92 Å². The smallest absolute Gasteiger partial charge is 0.329 e. The molecule has 0 radical (unpaired) electrons. The highest BCUT2D eigenvalue weighted by atomic mass is 16.6. The van der Waals surface area contributed by atoms with Crippen LogP contribution in [0, 0.1) is 5.92 Å². The first-order valence-electron chi connectivity index (χ1n) is 12.1. The molecule has 186 valence electrons. The minimum Gasteiger partial charge on any atom is -0.459 e. The van der Waals surface area contributed by atoms with E-state index in [4.69, 9.17) is 9.47 Å². The van der Waals surface area contributed by atoms with E-state index in [1.54, 1.807) is 0 Å². The van der Waals surface area contributed by atoms with Crippen molar-refractivity contribution in [3.05, 3.63) is 35.9 Å². The number of carbonyl (C=O) groups is 4. The van der Waals surface area contributed by atoms with Gasteiger partial charge in [-0.05, 0) is 30.7 Å². The van der Waals surface area contributed by atoms with E-state index in [1.165, 1.54) is 4.90 Å². The van der Waals surface area contributed by atoms with Gasteiger partial charge in [-0.1, -0.05) is 57.5 Å². The molecule has 2 heterocycles. The van der Waals surface area contributed by atoms with E-state index in [0.29, 0.717) is 32.4 Å². The Labute approximate surface area is 200 Å². The third-order valence-electron chi connectivity index (χ3n) is 6.37. The average molecular weight is 474 g/mol. The number of hydrogen-bond acceptors (Lipinski definition) is 6. The number of esters is 1. The Morgan fingerprint density at radius 3 is 2.50 bits per heavy atom. The fraction of sp³-hybridized carbons (Fsp3) is 0.600. The third kappa shape index (κ3) is 6.34. The molecule has 0 aromatic heterocycles. The summed E-state index contributed by atoms with van der Waals surface area (Å²) in [5, 5.41) is 5.48. The molecular formula is C25H35N3O6. The van der Waals surface area contributed by atoms with Gasteiger partial charge in [0.05, 0.1) is 0 Å². The average Bonchev–Trinajstić information content (AvgIpc) is 3.52. The Bertz CT molecular complexity index is 877. The summed E-state index contributed by atoms with van der Waals surface area (Å²) < 4.78 is 10.7. The van der Waals surface area contributed by atoms with Crippen LogP contribution in [0.3, 0.4) is 0 Å². The highest BCUT2D eigenvalue weighted by Gasteiger charge is 2.51. The number of amides is 3. The second-order valence-corrected chi connectivity index (χ2v) is 8.92. The minimum atomic E-state index is -0.901. The van der Waals surface area contributed by atoms with Crippen molar-refractivity contribution < 1.29 is 28.7 Å². The van der Waals surface area contributed by atoms with E-state index in [0.717, 1.165) is 12.0 Å². The molecule has 3 amide bonds. The van der Waals surface area contributed by atoms with Gasteiger partial charge in [-0.2, -0.15) is 0 Å². The molecule has 2 saturated heterocycles. The second kappa shape index (κ2) is 12.0. The molecule has 2 fully saturated rings. The number of nitrogens with zero attached hydrogens (tertiary/aromatic N) is 1. The lowest BCUT2D eigenvalue weighted by molar-refractivity contribution is -0.155. The van der Waals surface area contributed by atoms with Crippen LogP contribution in [0.1, 0.15) is 52.0 Å². The molecule has 0 bridgehead atoms. The molecule has 1 unspecified atom stereocenters. The quantitative estimate of drug-likeness (QED) is 0.372. The number of epoxide rings is 1. The van der Waals surface area contributed by atoms with Gasteiger partial charge in [0.2, 0.25) is 5.91 Å². The molecule has 2 aliphatic rings. The van der Waals surface area contributed by atoms with E-state index in [-0.39, 0.29) is 24.3 Å². The summed E-state index contributed by atoms with van der Waals surface area (Å²) in [6, 6.07) is 7.88. The number of rotatable bonds is 11. The summed E-state index contributed by atoms with van der Waals surface area (Å²) in [5.74, 6) is -1.73. The van der Waals surface area contributed by atoms with Crippen LogP contribution in [0.2, 0.25) is 0 Å². The maximum absolute atomic E-state index is 13.5. The third-order valence-corrected chi connectivity index (χ3v) is 6.37. The first-order valence-corrected chi connectivity index (χ1v) is 12.1. The number of benzene rings is 1. The second-order valence-electron chi connectivity index (χ2n) is 8.92. The first kappa shape index (κ1) is 25.7. The van der Waals surface area contributed by atoms with Crippen LogP contribution in [-0.4, -0.2) is 66.0 Å². The van der Waals surface area contributed by atoms with Gasteiger partial charge in [-0.15, -0.1) is 0 Å². The van der Waals surface area contributed by atoms with E-state index < -0.39 is 36.2 Å². The molecule has 0 saturated carbocycles. The Balaban J connectivity index is 1.60. The van der Waals surface area contributed by atoms with E-state index in [2.05, 4.69) is 10.6 Å². The monoisotopic (exact) mass is 473 g/mol. The SMILES string of the molecule is CCCNC(=O)[C@H]1O[C@@H]1C(=O)N[C@H](C(=O)N1CCC[C@H]1C(=O)OCc1ccccc1)C(C)CC. The lowest BCUT2D eigenvalue weighted by Gasteiger charge is -2.31. The van der Waals surface area contributed by atoms with Crippen molar-refractivity contribution in [3.63, 3.8) is 0 Å². The zero-order valence-electron chi connectivity index (χ0n) is 20.1. The lowest BCUT2D eigenvalue weighted by atomic mass is 9.97. The van der Waals surface area contributed by atoms with Gasteiger partial charge in [0.25, 0.3) is 11.8 Å². The Kier molecular flexibility index (Phi) is 9.04. The van der Waals surface area contributed by atoms with Crippen LogP contribution in [-0.2, 0) is 35.3 Å². The largest absolute Gasteiger partial charge is 0.459 e. The minimum absolute atomic E-state index is 0.143. The molecule has 0 aliphatic carbocycles. The maximum Gasteiger partial charge on any atom is 0.329 e. The fourth-order valence-corrected chi connectivity index (χ4v) is 4.06.